The minimum Gasteiger partial charge on any atom is -0.508 e. The molecule has 0 heterocycles. The van der Waals surface area contributed by atoms with Crippen molar-refractivity contribution in [3.05, 3.63) is 23.3 Å². The van der Waals surface area contributed by atoms with Gasteiger partial charge in [-0.2, -0.15) is 0 Å². The molecule has 3 nitrogen and oxygen atoms in total. The van der Waals surface area contributed by atoms with Crippen molar-refractivity contribution < 1.29 is 15.0 Å². The standard InChI is InChI=1S/C24H36O3/c1-6-7-8-9-10-23(2,3)15-11-20(26)22(21(27)12-15)16-13-19(25)18-14-17(16)24(18,4)5/h11-12,16-18,26-27H,6-10,13-14H2,1-5H3/t16-,17+,18-/m0/s1. The highest BCUT2D eigenvalue weighted by Gasteiger charge is 2.59. The van der Waals surface area contributed by atoms with Gasteiger partial charge >= 0.3 is 0 Å². The zero-order valence-electron chi connectivity index (χ0n) is 17.6. The molecule has 0 unspecified atom stereocenters. The summed E-state index contributed by atoms with van der Waals surface area (Å²) >= 11 is 0. The molecule has 1 aromatic carbocycles. The van der Waals surface area contributed by atoms with Crippen molar-refractivity contribution in [2.45, 2.75) is 90.9 Å². The Morgan fingerprint density at radius 1 is 1.11 bits per heavy atom. The summed E-state index contributed by atoms with van der Waals surface area (Å²) in [6.45, 7) is 10.9. The highest BCUT2D eigenvalue weighted by atomic mass is 16.3. The van der Waals surface area contributed by atoms with Crippen LogP contribution in [-0.2, 0) is 10.2 Å². The third-order valence-corrected chi connectivity index (χ3v) is 7.58. The van der Waals surface area contributed by atoms with Gasteiger partial charge in [-0.05, 0) is 47.3 Å². The van der Waals surface area contributed by atoms with Gasteiger partial charge in [0, 0.05) is 23.8 Å². The molecule has 0 saturated heterocycles. The van der Waals surface area contributed by atoms with Gasteiger partial charge in [0.25, 0.3) is 0 Å². The fourth-order valence-electron chi connectivity index (χ4n) is 5.52. The summed E-state index contributed by atoms with van der Waals surface area (Å²) in [7, 11) is 0. The summed E-state index contributed by atoms with van der Waals surface area (Å²) in [5.41, 5.74) is 1.44. The Morgan fingerprint density at radius 2 is 1.74 bits per heavy atom. The first kappa shape index (κ1) is 20.2. The van der Waals surface area contributed by atoms with Crippen LogP contribution in [0, 0.1) is 17.3 Å². The SMILES string of the molecule is CCCCCCC(C)(C)c1cc(O)c([C@H]2CC(=O)[C@@H]3C[C@H]2C3(C)C)c(O)c1. The summed E-state index contributed by atoms with van der Waals surface area (Å²) in [6.07, 6.45) is 7.20. The van der Waals surface area contributed by atoms with E-state index in [1.807, 2.05) is 12.1 Å². The van der Waals surface area contributed by atoms with Crippen LogP contribution in [0.1, 0.15) is 96.6 Å². The average Bonchev–Trinajstić information content (AvgIpc) is 2.57. The monoisotopic (exact) mass is 372 g/mol. The van der Waals surface area contributed by atoms with Gasteiger partial charge < -0.3 is 10.2 Å². The van der Waals surface area contributed by atoms with E-state index in [1.54, 1.807) is 0 Å². The maximum atomic E-state index is 12.5. The Bertz CT molecular complexity index is 693. The normalized spacial score (nSPS) is 26.7. The maximum absolute atomic E-state index is 12.5. The molecule has 2 bridgehead atoms. The van der Waals surface area contributed by atoms with Gasteiger partial charge in [0.1, 0.15) is 17.3 Å². The molecule has 27 heavy (non-hydrogen) atoms. The zero-order valence-corrected chi connectivity index (χ0v) is 17.6. The summed E-state index contributed by atoms with van der Waals surface area (Å²) in [6, 6.07) is 3.66. The third-order valence-electron chi connectivity index (χ3n) is 7.58. The molecular formula is C24H36O3. The maximum Gasteiger partial charge on any atom is 0.137 e. The molecule has 3 fully saturated rings. The number of benzene rings is 1. The van der Waals surface area contributed by atoms with E-state index in [-0.39, 0.29) is 39.9 Å². The smallest absolute Gasteiger partial charge is 0.137 e. The predicted molar refractivity (Wildman–Crippen MR) is 109 cm³/mol. The number of hydrogen-bond acceptors (Lipinski definition) is 3. The Labute approximate surface area is 164 Å². The Hall–Kier alpha value is -1.51. The number of hydrogen-bond donors (Lipinski definition) is 2. The van der Waals surface area contributed by atoms with E-state index in [2.05, 4.69) is 34.6 Å². The molecule has 4 rings (SSSR count). The number of Topliss-reactive ketones (excluding diaryl/α,β-unsaturated/α-hetero) is 1. The number of ketones is 1. The Morgan fingerprint density at radius 3 is 2.26 bits per heavy atom. The molecule has 3 aliphatic carbocycles. The van der Waals surface area contributed by atoms with Crippen molar-refractivity contribution in [2.24, 2.45) is 17.3 Å². The quantitative estimate of drug-likeness (QED) is 0.572. The summed E-state index contributed by atoms with van der Waals surface area (Å²) < 4.78 is 0. The summed E-state index contributed by atoms with van der Waals surface area (Å²) in [5.74, 6) is 1.04. The molecule has 3 heteroatoms. The highest BCUT2D eigenvalue weighted by Crippen LogP contribution is 2.64. The fraction of sp³-hybridized carbons (Fsp3) is 0.708. The van der Waals surface area contributed by atoms with Gasteiger partial charge in [-0.1, -0.05) is 60.3 Å². The number of aromatic hydroxyl groups is 2. The Kier molecular flexibility index (Phi) is 5.35. The second kappa shape index (κ2) is 7.14. The number of phenolic OH excluding ortho intramolecular Hbond substituents is 2. The molecule has 0 aliphatic heterocycles. The number of fused-ring (bicyclic) bond motifs is 2. The van der Waals surface area contributed by atoms with E-state index < -0.39 is 0 Å². The first-order chi connectivity index (χ1) is 12.6. The molecule has 150 valence electrons. The topological polar surface area (TPSA) is 57.5 Å². The number of rotatable bonds is 7. The van der Waals surface area contributed by atoms with Crippen LogP contribution < -0.4 is 0 Å². The largest absolute Gasteiger partial charge is 0.508 e. The minimum absolute atomic E-state index is 0.0316. The Balaban J connectivity index is 1.84. The van der Waals surface area contributed by atoms with Crippen LogP contribution in [0.4, 0.5) is 0 Å². The van der Waals surface area contributed by atoms with Crippen molar-refractivity contribution in [1.29, 1.82) is 0 Å². The molecule has 0 spiro atoms. The number of unbranched alkanes of at least 4 members (excludes halogenated alkanes) is 3. The van der Waals surface area contributed by atoms with Crippen molar-refractivity contribution >= 4 is 5.78 Å². The first-order valence-corrected chi connectivity index (χ1v) is 10.7. The number of phenols is 2. The lowest BCUT2D eigenvalue weighted by Crippen LogP contribution is -2.56. The zero-order chi connectivity index (χ0) is 20.0. The van der Waals surface area contributed by atoms with E-state index in [1.165, 1.54) is 19.3 Å². The minimum atomic E-state index is -0.0928. The second-order valence-corrected chi connectivity index (χ2v) is 10.1. The predicted octanol–water partition coefficient (Wildman–Crippen LogP) is 6.06. The summed E-state index contributed by atoms with van der Waals surface area (Å²) in [4.78, 5) is 12.5. The van der Waals surface area contributed by atoms with Crippen LogP contribution >= 0.6 is 0 Å². The molecule has 1 aromatic rings. The van der Waals surface area contributed by atoms with E-state index in [4.69, 9.17) is 0 Å². The molecule has 0 amide bonds. The highest BCUT2D eigenvalue weighted by molar-refractivity contribution is 5.86. The lowest BCUT2D eigenvalue weighted by Gasteiger charge is -2.59. The number of carbonyl (C=O) groups is 1. The van der Waals surface area contributed by atoms with E-state index in [9.17, 15) is 15.0 Å². The van der Waals surface area contributed by atoms with E-state index in [0.717, 1.165) is 24.8 Å². The van der Waals surface area contributed by atoms with Crippen LogP contribution in [0.25, 0.3) is 0 Å². The molecule has 0 aromatic heterocycles. The van der Waals surface area contributed by atoms with Gasteiger partial charge in [-0.25, -0.2) is 0 Å². The van der Waals surface area contributed by atoms with Crippen LogP contribution in [0.15, 0.2) is 12.1 Å². The number of carbonyl (C=O) groups excluding carboxylic acids is 1. The second-order valence-electron chi connectivity index (χ2n) is 10.1. The van der Waals surface area contributed by atoms with Crippen LogP contribution in [0.2, 0.25) is 0 Å². The van der Waals surface area contributed by atoms with Crippen LogP contribution in [-0.4, -0.2) is 16.0 Å². The first-order valence-electron chi connectivity index (χ1n) is 10.7. The van der Waals surface area contributed by atoms with Gasteiger partial charge in [-0.15, -0.1) is 0 Å². The van der Waals surface area contributed by atoms with E-state index >= 15 is 0 Å². The molecule has 3 atom stereocenters. The van der Waals surface area contributed by atoms with Gasteiger partial charge in [-0.3, -0.25) is 4.79 Å². The molecule has 3 aliphatic rings. The van der Waals surface area contributed by atoms with Gasteiger partial charge in [0.15, 0.2) is 0 Å². The fourth-order valence-corrected chi connectivity index (χ4v) is 5.52. The molecule has 2 N–H and O–H groups in total. The van der Waals surface area contributed by atoms with Crippen molar-refractivity contribution in [2.75, 3.05) is 0 Å². The molecule has 0 radical (unpaired) electrons. The van der Waals surface area contributed by atoms with E-state index in [0.29, 0.717) is 17.9 Å². The van der Waals surface area contributed by atoms with Crippen LogP contribution in [0.5, 0.6) is 11.5 Å². The lowest BCUT2D eigenvalue weighted by atomic mass is 9.44. The average molecular weight is 373 g/mol. The molecular weight excluding hydrogens is 336 g/mol. The van der Waals surface area contributed by atoms with Crippen LogP contribution in [0.3, 0.4) is 0 Å². The van der Waals surface area contributed by atoms with Gasteiger partial charge in [0.05, 0.1) is 0 Å². The lowest BCUT2D eigenvalue weighted by molar-refractivity contribution is -0.151. The van der Waals surface area contributed by atoms with Gasteiger partial charge in [0.2, 0.25) is 0 Å². The molecule has 3 saturated carbocycles. The van der Waals surface area contributed by atoms with Crippen molar-refractivity contribution in [3.8, 4) is 11.5 Å². The third kappa shape index (κ3) is 3.50. The van der Waals surface area contributed by atoms with Crippen molar-refractivity contribution in [3.63, 3.8) is 0 Å². The van der Waals surface area contributed by atoms with Crippen molar-refractivity contribution in [1.82, 2.24) is 0 Å². The summed E-state index contributed by atoms with van der Waals surface area (Å²) in [5, 5.41) is 21.6.